The van der Waals surface area contributed by atoms with E-state index in [1.807, 2.05) is 24.3 Å². The van der Waals surface area contributed by atoms with Crippen LogP contribution in [-0.2, 0) is 0 Å². The van der Waals surface area contributed by atoms with Gasteiger partial charge in [-0.25, -0.2) is 9.37 Å². The maximum atomic E-state index is 13.8. The lowest BCUT2D eigenvalue weighted by molar-refractivity contribution is 0.641. The Balaban J connectivity index is 2.64. The van der Waals surface area contributed by atoms with Crippen molar-refractivity contribution in [2.24, 2.45) is 0 Å². The van der Waals surface area contributed by atoms with Crippen LogP contribution >= 0.6 is 11.6 Å². The van der Waals surface area contributed by atoms with E-state index in [0.29, 0.717) is 15.9 Å². The van der Waals surface area contributed by atoms with Gasteiger partial charge in [-0.2, -0.15) is 0 Å². The van der Waals surface area contributed by atoms with Crippen molar-refractivity contribution >= 4 is 33.1 Å². The van der Waals surface area contributed by atoms with Crippen molar-refractivity contribution in [2.45, 2.75) is 0 Å². The molecule has 0 fully saturated rings. The zero-order valence-corrected chi connectivity index (χ0v) is 9.00. The van der Waals surface area contributed by atoms with Crippen molar-refractivity contribution in [3.05, 3.63) is 53.6 Å². The number of benzene rings is 2. The second kappa shape index (κ2) is 3.42. The summed E-state index contributed by atoms with van der Waals surface area (Å²) >= 11 is 5.95. The summed E-state index contributed by atoms with van der Waals surface area (Å²) in [5, 5.41) is 3.39. The van der Waals surface area contributed by atoms with Crippen LogP contribution in [0.15, 0.2) is 42.6 Å². The van der Waals surface area contributed by atoms with Gasteiger partial charge in [-0.1, -0.05) is 35.9 Å². The quantitative estimate of drug-likeness (QED) is 0.418. The lowest BCUT2D eigenvalue weighted by Gasteiger charge is -2.05. The first kappa shape index (κ1) is 9.55. The minimum Gasteiger partial charge on any atom is -0.244 e. The molecule has 1 aromatic heterocycles. The molecule has 78 valence electrons. The predicted octanol–water partition coefficient (Wildman–Crippen LogP) is 4.18. The average molecular weight is 232 g/mol. The molecule has 0 amide bonds. The van der Waals surface area contributed by atoms with Gasteiger partial charge in [0.15, 0.2) is 0 Å². The normalized spacial score (nSPS) is 11.1. The van der Waals surface area contributed by atoms with Crippen LogP contribution in [0, 0.1) is 5.82 Å². The second-order valence-corrected chi connectivity index (χ2v) is 3.96. The third kappa shape index (κ3) is 1.27. The Morgan fingerprint density at radius 2 is 1.62 bits per heavy atom. The highest BCUT2D eigenvalue weighted by Gasteiger charge is 2.08. The van der Waals surface area contributed by atoms with Gasteiger partial charge in [-0.3, -0.25) is 0 Å². The SMILES string of the molecule is Fc1cc2c(Cl)nccc2c2ccccc12. The summed E-state index contributed by atoms with van der Waals surface area (Å²) < 4.78 is 13.8. The molecule has 2 aromatic carbocycles. The Hall–Kier alpha value is -1.67. The van der Waals surface area contributed by atoms with Gasteiger partial charge in [0, 0.05) is 17.0 Å². The van der Waals surface area contributed by atoms with E-state index in [1.54, 1.807) is 12.3 Å². The molecule has 16 heavy (non-hydrogen) atoms. The summed E-state index contributed by atoms with van der Waals surface area (Å²) in [6.07, 6.45) is 1.63. The minimum absolute atomic E-state index is 0.266. The Morgan fingerprint density at radius 3 is 2.44 bits per heavy atom. The van der Waals surface area contributed by atoms with Gasteiger partial charge in [0.1, 0.15) is 11.0 Å². The largest absolute Gasteiger partial charge is 0.244 e. The fourth-order valence-corrected chi connectivity index (χ4v) is 2.16. The van der Waals surface area contributed by atoms with Crippen molar-refractivity contribution in [2.75, 3.05) is 0 Å². The lowest BCUT2D eigenvalue weighted by atomic mass is 10.0. The third-order valence-electron chi connectivity index (χ3n) is 2.69. The summed E-state index contributed by atoms with van der Waals surface area (Å²) in [7, 11) is 0. The monoisotopic (exact) mass is 231 g/mol. The van der Waals surface area contributed by atoms with Crippen LogP contribution in [0.5, 0.6) is 0 Å². The second-order valence-electron chi connectivity index (χ2n) is 3.60. The molecule has 1 nitrogen and oxygen atoms in total. The number of rotatable bonds is 0. The van der Waals surface area contributed by atoms with Crippen molar-refractivity contribution in [3.8, 4) is 0 Å². The van der Waals surface area contributed by atoms with Gasteiger partial charge in [0.25, 0.3) is 0 Å². The molecule has 1 heterocycles. The lowest BCUT2D eigenvalue weighted by Crippen LogP contribution is -1.85. The van der Waals surface area contributed by atoms with E-state index in [9.17, 15) is 4.39 Å². The van der Waals surface area contributed by atoms with Gasteiger partial charge in [-0.05, 0) is 22.9 Å². The van der Waals surface area contributed by atoms with E-state index in [1.165, 1.54) is 6.07 Å². The van der Waals surface area contributed by atoms with Crippen LogP contribution in [0.2, 0.25) is 5.15 Å². The summed E-state index contributed by atoms with van der Waals surface area (Å²) in [5.41, 5.74) is 0. The first-order valence-electron chi connectivity index (χ1n) is 4.89. The van der Waals surface area contributed by atoms with E-state index < -0.39 is 0 Å². The summed E-state index contributed by atoms with van der Waals surface area (Å²) in [4.78, 5) is 3.95. The van der Waals surface area contributed by atoms with E-state index in [2.05, 4.69) is 4.98 Å². The molecule has 0 saturated heterocycles. The van der Waals surface area contributed by atoms with Crippen molar-refractivity contribution in [1.82, 2.24) is 4.98 Å². The maximum Gasteiger partial charge on any atom is 0.136 e. The van der Waals surface area contributed by atoms with Crippen LogP contribution in [0.1, 0.15) is 0 Å². The van der Waals surface area contributed by atoms with Gasteiger partial charge in [-0.15, -0.1) is 0 Å². The maximum absolute atomic E-state index is 13.8. The molecule has 3 rings (SSSR count). The highest BCUT2D eigenvalue weighted by Crippen LogP contribution is 2.30. The Morgan fingerprint density at radius 1 is 0.938 bits per heavy atom. The predicted molar refractivity (Wildman–Crippen MR) is 64.2 cm³/mol. The number of hydrogen-bond acceptors (Lipinski definition) is 1. The highest BCUT2D eigenvalue weighted by atomic mass is 35.5. The number of hydrogen-bond donors (Lipinski definition) is 0. The zero-order chi connectivity index (χ0) is 11.1. The molecule has 3 aromatic rings. The highest BCUT2D eigenvalue weighted by molar-refractivity contribution is 6.35. The topological polar surface area (TPSA) is 12.9 Å². The first-order valence-corrected chi connectivity index (χ1v) is 5.26. The van der Waals surface area contributed by atoms with E-state index in [4.69, 9.17) is 11.6 Å². The Labute approximate surface area is 96.5 Å². The first-order chi connectivity index (χ1) is 7.77. The van der Waals surface area contributed by atoms with Crippen LogP contribution in [0.4, 0.5) is 4.39 Å². The molecule has 0 unspecified atom stereocenters. The van der Waals surface area contributed by atoms with Crippen LogP contribution < -0.4 is 0 Å². The van der Waals surface area contributed by atoms with Crippen LogP contribution in [-0.4, -0.2) is 4.98 Å². The van der Waals surface area contributed by atoms with Crippen molar-refractivity contribution in [1.29, 1.82) is 0 Å². The molecule has 0 aliphatic carbocycles. The smallest absolute Gasteiger partial charge is 0.136 e. The van der Waals surface area contributed by atoms with Gasteiger partial charge >= 0.3 is 0 Å². The van der Waals surface area contributed by atoms with E-state index >= 15 is 0 Å². The molecule has 0 saturated carbocycles. The van der Waals surface area contributed by atoms with Gasteiger partial charge in [0.2, 0.25) is 0 Å². The van der Waals surface area contributed by atoms with Crippen LogP contribution in [0.3, 0.4) is 0 Å². The zero-order valence-electron chi connectivity index (χ0n) is 8.24. The number of halogens is 2. The van der Waals surface area contributed by atoms with Crippen LogP contribution in [0.25, 0.3) is 21.5 Å². The molecular formula is C13H7ClFN. The Bertz CT molecular complexity index is 689. The number of nitrogens with zero attached hydrogens (tertiary/aromatic N) is 1. The molecule has 0 N–H and O–H groups in total. The fourth-order valence-electron chi connectivity index (χ4n) is 1.95. The fraction of sp³-hybridized carbons (Fsp3) is 0. The average Bonchev–Trinajstić information content (AvgIpc) is 2.31. The summed E-state index contributed by atoms with van der Waals surface area (Å²) in [5.74, 6) is -0.266. The number of fused-ring (bicyclic) bond motifs is 3. The molecular weight excluding hydrogens is 225 g/mol. The van der Waals surface area contributed by atoms with Gasteiger partial charge < -0.3 is 0 Å². The summed E-state index contributed by atoms with van der Waals surface area (Å²) in [6, 6.07) is 10.6. The molecule has 0 aliphatic rings. The molecule has 0 spiro atoms. The molecule has 3 heteroatoms. The van der Waals surface area contributed by atoms with Crippen molar-refractivity contribution < 1.29 is 4.39 Å². The van der Waals surface area contributed by atoms with Gasteiger partial charge in [0.05, 0.1) is 0 Å². The molecule has 0 bridgehead atoms. The third-order valence-corrected chi connectivity index (χ3v) is 2.99. The molecule has 0 radical (unpaired) electrons. The number of aromatic nitrogens is 1. The van der Waals surface area contributed by atoms with E-state index in [0.717, 1.165) is 10.8 Å². The standard InChI is InChI=1S/C13H7ClFN/c14-13-11-7-12(15)10-4-2-1-3-8(10)9(11)5-6-16-13/h1-7H. The Kier molecular flexibility index (Phi) is 2.04. The van der Waals surface area contributed by atoms with Crippen molar-refractivity contribution in [3.63, 3.8) is 0 Å². The molecule has 0 atom stereocenters. The number of pyridine rings is 1. The van der Waals surface area contributed by atoms with E-state index in [-0.39, 0.29) is 5.82 Å². The molecule has 0 aliphatic heterocycles. The summed E-state index contributed by atoms with van der Waals surface area (Å²) in [6.45, 7) is 0. The minimum atomic E-state index is -0.266.